The maximum absolute atomic E-state index is 13.7. The highest BCUT2D eigenvalue weighted by molar-refractivity contribution is 6.00. The Balaban J connectivity index is 0.00000228. The summed E-state index contributed by atoms with van der Waals surface area (Å²) in [7, 11) is 0. The molecule has 1 aromatic carbocycles. The molecule has 4 aliphatic rings. The quantitative estimate of drug-likeness (QED) is 0.710. The van der Waals surface area contributed by atoms with Gasteiger partial charge in [-0.3, -0.25) is 4.99 Å². The van der Waals surface area contributed by atoms with Crippen LogP contribution in [0.1, 0.15) is 68.2 Å². The molecule has 33 heavy (non-hydrogen) atoms. The molecular weight excluding hydrogens is 419 g/mol. The van der Waals surface area contributed by atoms with E-state index >= 15 is 0 Å². The number of aliphatic imine (C=N–C) groups is 1. The highest BCUT2D eigenvalue weighted by Gasteiger charge is 2.49. The van der Waals surface area contributed by atoms with E-state index in [4.69, 9.17) is 25.4 Å². The molecule has 4 aliphatic heterocycles. The van der Waals surface area contributed by atoms with Gasteiger partial charge < -0.3 is 20.3 Å². The molecule has 0 radical (unpaired) electrons. The van der Waals surface area contributed by atoms with Crippen molar-refractivity contribution in [2.24, 2.45) is 10.7 Å². The van der Waals surface area contributed by atoms with E-state index in [0.29, 0.717) is 12.3 Å². The van der Waals surface area contributed by atoms with Gasteiger partial charge in [0.05, 0.1) is 24.0 Å². The number of aryl methyl sites for hydroxylation is 1. The summed E-state index contributed by atoms with van der Waals surface area (Å²) in [5.74, 6) is 2.40. The number of fused-ring (bicyclic) bond motifs is 2. The second-order valence-corrected chi connectivity index (χ2v) is 9.43. The van der Waals surface area contributed by atoms with Crippen molar-refractivity contribution in [3.63, 3.8) is 0 Å². The summed E-state index contributed by atoms with van der Waals surface area (Å²) in [5, 5.41) is 0. The molecule has 0 saturated carbocycles. The third kappa shape index (κ3) is 3.55. The average Bonchev–Trinajstić information content (AvgIpc) is 3.33. The van der Waals surface area contributed by atoms with Crippen LogP contribution in [-0.2, 0) is 6.54 Å². The van der Waals surface area contributed by atoms with E-state index in [1.807, 2.05) is 6.92 Å². The number of nitrogens with zero attached hydrogens (tertiary/aromatic N) is 5. The molecule has 1 atom stereocenters. The van der Waals surface area contributed by atoms with Crippen molar-refractivity contribution in [2.45, 2.75) is 64.6 Å². The van der Waals surface area contributed by atoms with Gasteiger partial charge in [-0.2, -0.15) is 0 Å². The summed E-state index contributed by atoms with van der Waals surface area (Å²) in [6, 6.07) is 4.32. The molecule has 6 rings (SSSR count). The molecule has 1 spiro atoms. The Morgan fingerprint density at radius 3 is 2.58 bits per heavy atom. The van der Waals surface area contributed by atoms with Crippen LogP contribution in [0.4, 0.5) is 10.2 Å². The summed E-state index contributed by atoms with van der Waals surface area (Å²) in [6.45, 7) is 6.31. The Labute approximate surface area is 194 Å². The fourth-order valence-corrected chi connectivity index (χ4v) is 5.64. The first kappa shape index (κ1) is 22.1. The first-order valence-electron chi connectivity index (χ1n) is 11.7. The summed E-state index contributed by atoms with van der Waals surface area (Å²) >= 11 is 0. The Hall–Kier alpha value is -2.74. The SMILES string of the molecule is C.Cc1nc2c(nc1N1CCC3(CC1)Oc1ccc(F)cc1[C@H]3N)CN=C2N1CCCCC1. The number of rotatable bonds is 1. The maximum atomic E-state index is 13.7. The molecule has 0 bridgehead atoms. The van der Waals surface area contributed by atoms with Crippen molar-refractivity contribution in [3.8, 4) is 5.75 Å². The second kappa shape index (κ2) is 8.24. The van der Waals surface area contributed by atoms with Crippen LogP contribution in [0.2, 0.25) is 0 Å². The standard InChI is InChI=1S/C24H29FN6O.CH4/c1-15-22(29-18-14-27-23(20(18)28-15)30-9-3-2-4-10-30)31-11-7-24(8-12-31)21(26)17-13-16(25)5-6-19(17)32-24;/h5-6,13,21H,2-4,7-12,14,26H2,1H3;1H4/t21-;/m1./s1. The normalized spacial score (nSPS) is 23.0. The van der Waals surface area contributed by atoms with E-state index in [2.05, 4.69) is 9.80 Å². The van der Waals surface area contributed by atoms with Crippen molar-refractivity contribution in [1.82, 2.24) is 14.9 Å². The van der Waals surface area contributed by atoms with Crippen LogP contribution < -0.4 is 15.4 Å². The van der Waals surface area contributed by atoms with Gasteiger partial charge in [-0.05, 0) is 44.4 Å². The number of nitrogens with two attached hydrogens (primary N) is 1. The van der Waals surface area contributed by atoms with Gasteiger partial charge in [0.2, 0.25) is 0 Å². The average molecular weight is 453 g/mol. The molecule has 176 valence electrons. The molecule has 5 heterocycles. The zero-order valence-electron chi connectivity index (χ0n) is 18.5. The highest BCUT2D eigenvalue weighted by Crippen LogP contribution is 2.47. The van der Waals surface area contributed by atoms with Crippen LogP contribution in [-0.4, -0.2) is 52.5 Å². The number of ether oxygens (including phenoxy) is 1. The van der Waals surface area contributed by atoms with Gasteiger partial charge in [0.1, 0.15) is 28.7 Å². The number of benzene rings is 1. The molecule has 7 nitrogen and oxygen atoms in total. The van der Waals surface area contributed by atoms with Gasteiger partial charge in [-0.25, -0.2) is 14.4 Å². The number of piperidine rings is 2. The summed E-state index contributed by atoms with van der Waals surface area (Å²) in [6.07, 6.45) is 5.25. The van der Waals surface area contributed by atoms with Gasteiger partial charge in [-0.1, -0.05) is 7.43 Å². The fraction of sp³-hybridized carbons (Fsp3) is 0.560. The van der Waals surface area contributed by atoms with Crippen molar-refractivity contribution in [1.29, 1.82) is 0 Å². The minimum atomic E-state index is -0.477. The molecule has 2 aromatic rings. The lowest BCUT2D eigenvalue weighted by molar-refractivity contribution is 0.0430. The molecule has 1 aromatic heterocycles. The van der Waals surface area contributed by atoms with Crippen LogP contribution in [0.5, 0.6) is 5.75 Å². The number of likely N-dealkylation sites (tertiary alicyclic amines) is 1. The summed E-state index contributed by atoms with van der Waals surface area (Å²) in [4.78, 5) is 19.4. The van der Waals surface area contributed by atoms with Crippen molar-refractivity contribution < 1.29 is 9.13 Å². The van der Waals surface area contributed by atoms with Gasteiger partial charge in [0.25, 0.3) is 0 Å². The topological polar surface area (TPSA) is 79.9 Å². The van der Waals surface area contributed by atoms with Crippen molar-refractivity contribution in [3.05, 3.63) is 46.7 Å². The second-order valence-electron chi connectivity index (χ2n) is 9.43. The van der Waals surface area contributed by atoms with Crippen molar-refractivity contribution in [2.75, 3.05) is 31.1 Å². The molecule has 2 saturated heterocycles. The number of halogens is 1. The fourth-order valence-electron chi connectivity index (χ4n) is 5.64. The minimum absolute atomic E-state index is 0. The van der Waals surface area contributed by atoms with E-state index in [-0.39, 0.29) is 19.3 Å². The Kier molecular flexibility index (Phi) is 5.51. The molecular formula is C25H33FN6O. The zero-order chi connectivity index (χ0) is 21.9. The highest BCUT2D eigenvalue weighted by atomic mass is 19.1. The van der Waals surface area contributed by atoms with Crippen LogP contribution in [0.25, 0.3) is 0 Å². The lowest BCUT2D eigenvalue weighted by atomic mass is 9.83. The molecule has 0 unspecified atom stereocenters. The number of amidine groups is 1. The van der Waals surface area contributed by atoms with E-state index in [1.54, 1.807) is 6.07 Å². The smallest absolute Gasteiger partial charge is 0.152 e. The molecule has 0 aliphatic carbocycles. The molecule has 2 fully saturated rings. The van der Waals surface area contributed by atoms with Gasteiger partial charge in [-0.15, -0.1) is 0 Å². The van der Waals surface area contributed by atoms with Crippen molar-refractivity contribution >= 4 is 11.7 Å². The lowest BCUT2D eigenvalue weighted by Crippen LogP contribution is -2.51. The Morgan fingerprint density at radius 2 is 1.82 bits per heavy atom. The van der Waals surface area contributed by atoms with E-state index in [1.165, 1.54) is 31.4 Å². The van der Waals surface area contributed by atoms with Crippen LogP contribution in [0, 0.1) is 12.7 Å². The monoisotopic (exact) mass is 452 g/mol. The summed E-state index contributed by atoms with van der Waals surface area (Å²) < 4.78 is 20.0. The van der Waals surface area contributed by atoms with Gasteiger partial charge in [0, 0.05) is 44.6 Å². The van der Waals surface area contributed by atoms with E-state index in [0.717, 1.165) is 73.3 Å². The van der Waals surface area contributed by atoms with Gasteiger partial charge >= 0.3 is 0 Å². The van der Waals surface area contributed by atoms with Gasteiger partial charge in [0.15, 0.2) is 5.84 Å². The molecule has 2 N–H and O–H groups in total. The van der Waals surface area contributed by atoms with Crippen LogP contribution >= 0.6 is 0 Å². The van der Waals surface area contributed by atoms with Crippen LogP contribution in [0.15, 0.2) is 23.2 Å². The van der Waals surface area contributed by atoms with Crippen LogP contribution in [0.3, 0.4) is 0 Å². The number of anilines is 1. The largest absolute Gasteiger partial charge is 0.485 e. The number of hydrogen-bond donors (Lipinski definition) is 1. The van der Waals surface area contributed by atoms with E-state index in [9.17, 15) is 4.39 Å². The Bertz CT molecular complexity index is 1090. The molecule has 0 amide bonds. The van der Waals surface area contributed by atoms with E-state index < -0.39 is 5.60 Å². The first-order valence-corrected chi connectivity index (χ1v) is 11.7. The zero-order valence-corrected chi connectivity index (χ0v) is 18.5. The maximum Gasteiger partial charge on any atom is 0.152 e. The third-order valence-corrected chi connectivity index (χ3v) is 7.46. The first-order chi connectivity index (χ1) is 15.5. The predicted molar refractivity (Wildman–Crippen MR) is 127 cm³/mol. The number of aromatic nitrogens is 2. The number of hydrogen-bond acceptors (Lipinski definition) is 7. The lowest BCUT2D eigenvalue weighted by Gasteiger charge is -2.41. The third-order valence-electron chi connectivity index (χ3n) is 7.46. The molecule has 8 heteroatoms. The summed E-state index contributed by atoms with van der Waals surface area (Å²) in [5.41, 5.74) is 9.71. The predicted octanol–water partition coefficient (Wildman–Crippen LogP) is 3.74. The minimum Gasteiger partial charge on any atom is -0.485 e. The Morgan fingerprint density at radius 1 is 1.06 bits per heavy atom.